The first kappa shape index (κ1) is 14.5. The van der Waals surface area contributed by atoms with Crippen molar-refractivity contribution in [1.29, 1.82) is 0 Å². The molecular formula is C13H10ClF3N2O. The quantitative estimate of drug-likeness (QED) is 0.670. The highest BCUT2D eigenvalue weighted by molar-refractivity contribution is 6.31. The Morgan fingerprint density at radius 3 is 2.35 bits per heavy atom. The first-order valence-electron chi connectivity index (χ1n) is 5.56. The monoisotopic (exact) mass is 302 g/mol. The Morgan fingerprint density at radius 2 is 1.75 bits per heavy atom. The summed E-state index contributed by atoms with van der Waals surface area (Å²) in [7, 11) is 0. The molecule has 0 saturated carbocycles. The molecule has 1 aromatic heterocycles. The van der Waals surface area contributed by atoms with Crippen LogP contribution in [0.4, 0.5) is 19.0 Å². The third-order valence-electron chi connectivity index (χ3n) is 2.71. The van der Waals surface area contributed by atoms with Gasteiger partial charge in [0.05, 0.1) is 10.7 Å². The molecule has 0 saturated heterocycles. The van der Waals surface area contributed by atoms with Gasteiger partial charge in [0.2, 0.25) is 11.6 Å². The van der Waals surface area contributed by atoms with Crippen molar-refractivity contribution in [3.8, 4) is 11.5 Å². The molecule has 0 aliphatic rings. The molecule has 7 heteroatoms. The fourth-order valence-electron chi connectivity index (χ4n) is 1.60. The summed E-state index contributed by atoms with van der Waals surface area (Å²) in [6, 6.07) is 2.79. The van der Waals surface area contributed by atoms with Crippen molar-refractivity contribution in [3.63, 3.8) is 0 Å². The van der Waals surface area contributed by atoms with Crippen molar-refractivity contribution in [2.75, 3.05) is 5.73 Å². The van der Waals surface area contributed by atoms with E-state index in [-0.39, 0.29) is 17.1 Å². The van der Waals surface area contributed by atoms with Crippen LogP contribution in [0.1, 0.15) is 11.3 Å². The van der Waals surface area contributed by atoms with Gasteiger partial charge in [-0.2, -0.15) is 4.39 Å². The molecule has 0 radical (unpaired) electrons. The van der Waals surface area contributed by atoms with Gasteiger partial charge in [-0.25, -0.2) is 13.8 Å². The number of aromatic nitrogens is 1. The van der Waals surface area contributed by atoms with E-state index in [1.165, 1.54) is 19.1 Å². The van der Waals surface area contributed by atoms with E-state index in [2.05, 4.69) is 4.98 Å². The molecule has 0 fully saturated rings. The van der Waals surface area contributed by atoms with E-state index in [0.29, 0.717) is 5.69 Å². The van der Waals surface area contributed by atoms with Crippen molar-refractivity contribution in [1.82, 2.24) is 4.98 Å². The molecule has 1 aromatic carbocycles. The predicted molar refractivity (Wildman–Crippen MR) is 69.5 cm³/mol. The van der Waals surface area contributed by atoms with Crippen LogP contribution in [0.3, 0.4) is 0 Å². The highest BCUT2D eigenvalue weighted by atomic mass is 35.5. The van der Waals surface area contributed by atoms with E-state index < -0.39 is 28.2 Å². The SMILES string of the molecule is Cc1nc(N)ccc1Oc1c(F)c(C)c(Cl)c(F)c1F. The Morgan fingerprint density at radius 1 is 1.10 bits per heavy atom. The molecule has 0 atom stereocenters. The zero-order chi connectivity index (χ0) is 15.0. The van der Waals surface area contributed by atoms with Crippen molar-refractivity contribution in [2.45, 2.75) is 13.8 Å². The van der Waals surface area contributed by atoms with E-state index in [4.69, 9.17) is 22.1 Å². The lowest BCUT2D eigenvalue weighted by atomic mass is 10.2. The third kappa shape index (κ3) is 2.38. The second-order valence-electron chi connectivity index (χ2n) is 4.13. The minimum Gasteiger partial charge on any atom is -0.449 e. The number of hydrogen-bond donors (Lipinski definition) is 1. The molecule has 2 N–H and O–H groups in total. The van der Waals surface area contributed by atoms with Crippen LogP contribution in [0, 0.1) is 31.3 Å². The Kier molecular flexibility index (Phi) is 3.76. The van der Waals surface area contributed by atoms with Crippen molar-refractivity contribution < 1.29 is 17.9 Å². The van der Waals surface area contributed by atoms with Crippen LogP contribution in [-0.4, -0.2) is 4.98 Å². The maximum atomic E-state index is 13.9. The van der Waals surface area contributed by atoms with Gasteiger partial charge in [-0.3, -0.25) is 0 Å². The third-order valence-corrected chi connectivity index (χ3v) is 3.16. The van der Waals surface area contributed by atoms with Crippen molar-refractivity contribution >= 4 is 17.4 Å². The first-order chi connectivity index (χ1) is 9.32. The summed E-state index contributed by atoms with van der Waals surface area (Å²) in [6.07, 6.45) is 0. The smallest absolute Gasteiger partial charge is 0.205 e. The summed E-state index contributed by atoms with van der Waals surface area (Å²) >= 11 is 5.48. The second kappa shape index (κ2) is 5.20. The minimum atomic E-state index is -1.49. The number of nitrogens with zero attached hydrogens (tertiary/aromatic N) is 1. The van der Waals surface area contributed by atoms with Gasteiger partial charge in [0.1, 0.15) is 11.6 Å². The first-order valence-corrected chi connectivity index (χ1v) is 5.94. The van der Waals surface area contributed by atoms with Gasteiger partial charge in [0.25, 0.3) is 0 Å². The highest BCUT2D eigenvalue weighted by Crippen LogP contribution is 2.36. The average Bonchev–Trinajstić information content (AvgIpc) is 2.41. The van der Waals surface area contributed by atoms with Crippen LogP contribution in [0.25, 0.3) is 0 Å². The number of ether oxygens (including phenoxy) is 1. The van der Waals surface area contributed by atoms with Crippen LogP contribution < -0.4 is 10.5 Å². The van der Waals surface area contributed by atoms with E-state index in [9.17, 15) is 13.2 Å². The number of nitrogen functional groups attached to an aromatic ring is 1. The van der Waals surface area contributed by atoms with Gasteiger partial charge >= 0.3 is 0 Å². The summed E-state index contributed by atoms with van der Waals surface area (Å²) in [5.74, 6) is -4.48. The number of hydrogen-bond acceptors (Lipinski definition) is 3. The highest BCUT2D eigenvalue weighted by Gasteiger charge is 2.24. The van der Waals surface area contributed by atoms with Gasteiger partial charge in [-0.1, -0.05) is 11.6 Å². The molecule has 0 spiro atoms. The van der Waals surface area contributed by atoms with Crippen LogP contribution in [0.2, 0.25) is 5.02 Å². The van der Waals surface area contributed by atoms with E-state index >= 15 is 0 Å². The largest absolute Gasteiger partial charge is 0.449 e. The molecule has 1 heterocycles. The van der Waals surface area contributed by atoms with Gasteiger partial charge in [0.15, 0.2) is 11.6 Å². The summed E-state index contributed by atoms with van der Waals surface area (Å²) in [6.45, 7) is 2.77. The molecule has 0 bridgehead atoms. The lowest BCUT2D eigenvalue weighted by Gasteiger charge is -2.13. The molecule has 2 aromatic rings. The zero-order valence-corrected chi connectivity index (χ0v) is 11.4. The number of benzene rings is 1. The maximum absolute atomic E-state index is 13.9. The van der Waals surface area contributed by atoms with Crippen molar-refractivity contribution in [2.24, 2.45) is 0 Å². The van der Waals surface area contributed by atoms with Gasteiger partial charge in [-0.15, -0.1) is 0 Å². The zero-order valence-electron chi connectivity index (χ0n) is 10.6. The Balaban J connectivity index is 2.54. The van der Waals surface area contributed by atoms with Crippen LogP contribution in [-0.2, 0) is 0 Å². The molecule has 3 nitrogen and oxygen atoms in total. The standard InChI is InChI=1S/C13H10ClF3N2O/c1-5-9(14)11(16)12(17)13(10(5)15)20-7-3-4-8(18)19-6(7)2/h3-4H,1-2H3,(H2,18,19). The van der Waals surface area contributed by atoms with Gasteiger partial charge < -0.3 is 10.5 Å². The lowest BCUT2D eigenvalue weighted by molar-refractivity contribution is 0.382. The van der Waals surface area contributed by atoms with Gasteiger partial charge in [0, 0.05) is 5.56 Å². The van der Waals surface area contributed by atoms with Crippen LogP contribution in [0.5, 0.6) is 11.5 Å². The summed E-state index contributed by atoms with van der Waals surface area (Å²) in [5.41, 5.74) is 5.54. The number of pyridine rings is 1. The Labute approximate surface area is 118 Å². The normalized spacial score (nSPS) is 10.7. The maximum Gasteiger partial charge on any atom is 0.205 e. The van der Waals surface area contributed by atoms with Crippen LogP contribution >= 0.6 is 11.6 Å². The van der Waals surface area contributed by atoms with E-state index in [1.807, 2.05) is 0 Å². The predicted octanol–water partition coefficient (Wildman–Crippen LogP) is 4.14. The summed E-state index contributed by atoms with van der Waals surface area (Å²) in [5, 5.41) is -0.612. The number of rotatable bonds is 2. The summed E-state index contributed by atoms with van der Waals surface area (Å²) < 4.78 is 46.3. The topological polar surface area (TPSA) is 48.1 Å². The molecule has 0 aliphatic heterocycles. The van der Waals surface area contributed by atoms with E-state index in [1.54, 1.807) is 6.92 Å². The number of nitrogens with two attached hydrogens (primary N) is 1. The average molecular weight is 303 g/mol. The molecule has 2 rings (SSSR count). The van der Waals surface area contributed by atoms with Crippen molar-refractivity contribution in [3.05, 3.63) is 45.9 Å². The number of anilines is 1. The molecule has 0 amide bonds. The minimum absolute atomic E-state index is 0.0677. The summed E-state index contributed by atoms with van der Waals surface area (Å²) in [4.78, 5) is 3.88. The fourth-order valence-corrected chi connectivity index (χ4v) is 1.76. The Hall–Kier alpha value is -1.95. The molecule has 0 unspecified atom stereocenters. The van der Waals surface area contributed by atoms with E-state index in [0.717, 1.165) is 0 Å². The number of halogens is 4. The lowest BCUT2D eigenvalue weighted by Crippen LogP contribution is -2.02. The van der Waals surface area contributed by atoms with Gasteiger partial charge in [-0.05, 0) is 26.0 Å². The molecule has 0 aliphatic carbocycles. The second-order valence-corrected chi connectivity index (χ2v) is 4.51. The molecule has 20 heavy (non-hydrogen) atoms. The molecule has 106 valence electrons. The number of aryl methyl sites for hydroxylation is 1. The van der Waals surface area contributed by atoms with Crippen LogP contribution in [0.15, 0.2) is 12.1 Å². The molecular weight excluding hydrogens is 293 g/mol. The fraction of sp³-hybridized carbons (Fsp3) is 0.154. The Bertz CT molecular complexity index is 663.